The molecule has 2 aromatic carbocycles. The lowest BCUT2D eigenvalue weighted by molar-refractivity contribution is -0.143. The molecule has 1 unspecified atom stereocenters. The highest BCUT2D eigenvalue weighted by Crippen LogP contribution is 2.38. The minimum Gasteiger partial charge on any atom is -0.497 e. The number of amides is 1. The van der Waals surface area contributed by atoms with Gasteiger partial charge in [-0.2, -0.15) is 18.3 Å². The summed E-state index contributed by atoms with van der Waals surface area (Å²) in [6.45, 7) is 4.10. The number of carbonyl (C=O) groups excluding carboxylic acids is 1. The molecule has 0 saturated carbocycles. The minimum atomic E-state index is -4.75. The molecular weight excluding hydrogens is 579 g/mol. The van der Waals surface area contributed by atoms with E-state index in [9.17, 15) is 23.1 Å². The number of nitrogens with zero attached hydrogens (tertiary/aromatic N) is 5. The summed E-state index contributed by atoms with van der Waals surface area (Å²) in [6, 6.07) is 11.2. The maximum Gasteiger partial charge on any atom is 0.433 e. The van der Waals surface area contributed by atoms with Crippen LogP contribution in [0.3, 0.4) is 0 Å². The summed E-state index contributed by atoms with van der Waals surface area (Å²) in [5, 5.41) is 14.3. The van der Waals surface area contributed by atoms with E-state index in [1.165, 1.54) is 14.0 Å². The third kappa shape index (κ3) is 5.64. The molecule has 234 valence electrons. The molecule has 1 saturated heterocycles. The molecule has 0 spiro atoms. The van der Waals surface area contributed by atoms with Gasteiger partial charge in [0.2, 0.25) is 0 Å². The highest BCUT2D eigenvalue weighted by molar-refractivity contribution is 6.00. The molecule has 0 bridgehead atoms. The van der Waals surface area contributed by atoms with Crippen molar-refractivity contribution >= 4 is 11.6 Å². The molecule has 2 aromatic heterocycles. The van der Waals surface area contributed by atoms with Gasteiger partial charge in [-0.15, -0.1) is 0 Å². The van der Waals surface area contributed by atoms with Gasteiger partial charge in [-0.05, 0) is 50.2 Å². The molecule has 1 amide bonds. The van der Waals surface area contributed by atoms with Crippen molar-refractivity contribution in [1.82, 2.24) is 24.4 Å². The standard InChI is InChI=1S/C31H34F3N5O5/c1-18-16-37(25(17-40)23-11-10-22(43-4)14-26(23)44-5)12-13-38(18)30(41)24-15-35-39-28(31(32,33)34)19(2)27(36-29(24)39)20-6-8-21(42-3)9-7-20/h6-11,14-15,18,25,40H,12-13,16-17H2,1-5H3/t18-,25?/m1/s1. The topological polar surface area (TPSA) is 102 Å². The van der Waals surface area contributed by atoms with E-state index in [0.29, 0.717) is 40.4 Å². The Hall–Kier alpha value is -4.36. The number of ether oxygens (including phenoxy) is 3. The van der Waals surface area contributed by atoms with Gasteiger partial charge in [0, 0.05) is 48.4 Å². The third-order valence-electron chi connectivity index (χ3n) is 8.08. The number of aliphatic hydroxyl groups excluding tert-OH is 1. The molecule has 44 heavy (non-hydrogen) atoms. The van der Waals surface area contributed by atoms with E-state index in [2.05, 4.69) is 15.0 Å². The number of hydrogen-bond donors (Lipinski definition) is 1. The number of aromatic nitrogens is 3. The largest absolute Gasteiger partial charge is 0.497 e. The molecule has 1 fully saturated rings. The first-order valence-electron chi connectivity index (χ1n) is 14.0. The normalized spacial score (nSPS) is 16.7. The van der Waals surface area contributed by atoms with Crippen molar-refractivity contribution in [2.45, 2.75) is 32.1 Å². The molecule has 0 radical (unpaired) electrons. The lowest BCUT2D eigenvalue weighted by atomic mass is 10.0. The van der Waals surface area contributed by atoms with Crippen molar-refractivity contribution in [2.24, 2.45) is 0 Å². The monoisotopic (exact) mass is 613 g/mol. The Morgan fingerprint density at radius 3 is 2.32 bits per heavy atom. The lowest BCUT2D eigenvalue weighted by Gasteiger charge is -2.43. The second-order valence-corrected chi connectivity index (χ2v) is 10.6. The lowest BCUT2D eigenvalue weighted by Crippen LogP contribution is -2.55. The molecule has 2 atom stereocenters. The first kappa shape index (κ1) is 31.1. The summed E-state index contributed by atoms with van der Waals surface area (Å²) in [7, 11) is 4.60. The Labute approximate surface area is 252 Å². The van der Waals surface area contributed by atoms with Crippen molar-refractivity contribution in [3.63, 3.8) is 0 Å². The van der Waals surface area contributed by atoms with Gasteiger partial charge in [0.25, 0.3) is 5.91 Å². The minimum absolute atomic E-state index is 0.0268. The predicted octanol–water partition coefficient (Wildman–Crippen LogP) is 4.63. The van der Waals surface area contributed by atoms with Crippen LogP contribution in [0.5, 0.6) is 17.2 Å². The van der Waals surface area contributed by atoms with E-state index in [-0.39, 0.29) is 41.7 Å². The van der Waals surface area contributed by atoms with E-state index in [0.717, 1.165) is 11.8 Å². The second-order valence-electron chi connectivity index (χ2n) is 10.6. The second kappa shape index (κ2) is 12.3. The Bertz CT molecular complexity index is 1660. The van der Waals surface area contributed by atoms with E-state index in [1.54, 1.807) is 55.5 Å². The molecule has 1 aliphatic rings. The Balaban J connectivity index is 1.47. The van der Waals surface area contributed by atoms with Crippen LogP contribution >= 0.6 is 0 Å². The van der Waals surface area contributed by atoms with Gasteiger partial charge in [0.05, 0.1) is 45.9 Å². The zero-order chi connectivity index (χ0) is 31.8. The quantitative estimate of drug-likeness (QED) is 0.307. The van der Waals surface area contributed by atoms with Gasteiger partial charge in [0.1, 0.15) is 22.8 Å². The number of aliphatic hydroxyl groups is 1. The van der Waals surface area contributed by atoms with Gasteiger partial charge < -0.3 is 24.2 Å². The summed E-state index contributed by atoms with van der Waals surface area (Å²) in [5.41, 5.74) is 0.00936. The molecular formula is C31H34F3N5O5. The van der Waals surface area contributed by atoms with Crippen LogP contribution in [0.2, 0.25) is 0 Å². The SMILES string of the molecule is COc1ccc(-c2nc3c(C(=O)N4CCN(C(CO)c5ccc(OC)cc5OC)C[C@H]4C)cnn3c(C(F)(F)F)c2C)cc1. The highest BCUT2D eigenvalue weighted by atomic mass is 19.4. The van der Waals surface area contributed by atoms with Gasteiger partial charge >= 0.3 is 6.18 Å². The first-order valence-corrected chi connectivity index (χ1v) is 14.0. The smallest absolute Gasteiger partial charge is 0.433 e. The number of hydrogen-bond acceptors (Lipinski definition) is 8. The number of carbonyl (C=O) groups is 1. The average Bonchev–Trinajstić information content (AvgIpc) is 3.43. The van der Waals surface area contributed by atoms with Crippen molar-refractivity contribution < 1.29 is 37.3 Å². The Morgan fingerprint density at radius 1 is 1.05 bits per heavy atom. The number of rotatable bonds is 8. The van der Waals surface area contributed by atoms with E-state index in [4.69, 9.17) is 14.2 Å². The fourth-order valence-electron chi connectivity index (χ4n) is 5.82. The summed E-state index contributed by atoms with van der Waals surface area (Å²) < 4.78 is 59.8. The summed E-state index contributed by atoms with van der Waals surface area (Å²) >= 11 is 0. The fourth-order valence-corrected chi connectivity index (χ4v) is 5.82. The highest BCUT2D eigenvalue weighted by Gasteiger charge is 2.40. The predicted molar refractivity (Wildman–Crippen MR) is 156 cm³/mol. The van der Waals surface area contributed by atoms with E-state index in [1.807, 2.05) is 13.0 Å². The van der Waals surface area contributed by atoms with E-state index >= 15 is 0 Å². The van der Waals surface area contributed by atoms with E-state index < -0.39 is 23.8 Å². The van der Waals surface area contributed by atoms with Gasteiger partial charge in [-0.25, -0.2) is 9.50 Å². The number of benzene rings is 2. The summed E-state index contributed by atoms with van der Waals surface area (Å²) in [5.74, 6) is 1.26. The average molecular weight is 614 g/mol. The van der Waals surface area contributed by atoms with Crippen LogP contribution in [0.15, 0.2) is 48.7 Å². The van der Waals surface area contributed by atoms with Crippen LogP contribution < -0.4 is 14.2 Å². The summed E-state index contributed by atoms with van der Waals surface area (Å²) in [6.07, 6.45) is -3.60. The zero-order valence-electron chi connectivity index (χ0n) is 25.1. The Kier molecular flexibility index (Phi) is 8.71. The van der Waals surface area contributed by atoms with Gasteiger partial charge in [-0.1, -0.05) is 0 Å². The maximum absolute atomic E-state index is 14.4. The maximum atomic E-state index is 14.4. The molecule has 4 aromatic rings. The zero-order valence-corrected chi connectivity index (χ0v) is 25.1. The number of alkyl halides is 3. The number of fused-ring (bicyclic) bond motifs is 1. The molecule has 10 nitrogen and oxygen atoms in total. The van der Waals surface area contributed by atoms with Crippen LogP contribution in [-0.2, 0) is 6.18 Å². The van der Waals surface area contributed by atoms with Crippen LogP contribution in [0.4, 0.5) is 13.2 Å². The Morgan fingerprint density at radius 2 is 1.73 bits per heavy atom. The van der Waals surface area contributed by atoms with Gasteiger partial charge in [0.15, 0.2) is 11.3 Å². The van der Waals surface area contributed by atoms with Crippen molar-refractivity contribution in [3.05, 3.63) is 71.0 Å². The van der Waals surface area contributed by atoms with Crippen LogP contribution in [0.25, 0.3) is 16.9 Å². The molecule has 13 heteroatoms. The summed E-state index contributed by atoms with van der Waals surface area (Å²) in [4.78, 5) is 22.1. The van der Waals surface area contributed by atoms with Crippen molar-refractivity contribution in [2.75, 3.05) is 47.6 Å². The fraction of sp³-hybridized carbons (Fsp3) is 0.387. The van der Waals surface area contributed by atoms with Crippen LogP contribution in [0.1, 0.15) is 40.1 Å². The number of halogens is 3. The molecule has 0 aliphatic carbocycles. The van der Waals surface area contributed by atoms with Crippen LogP contribution in [0, 0.1) is 6.92 Å². The van der Waals surface area contributed by atoms with Crippen molar-refractivity contribution in [3.8, 4) is 28.5 Å². The first-order chi connectivity index (χ1) is 21.0. The van der Waals surface area contributed by atoms with Gasteiger partial charge in [-0.3, -0.25) is 9.69 Å². The third-order valence-corrected chi connectivity index (χ3v) is 8.08. The van der Waals surface area contributed by atoms with Crippen molar-refractivity contribution in [1.29, 1.82) is 0 Å². The molecule has 1 aliphatic heterocycles. The molecule has 1 N–H and O–H groups in total. The number of piperazine rings is 1. The molecule has 5 rings (SSSR count). The molecule has 3 heterocycles. The number of methoxy groups -OCH3 is 3. The van der Waals surface area contributed by atoms with Crippen LogP contribution in [-0.4, -0.2) is 89.0 Å².